The quantitative estimate of drug-likeness (QED) is 0.548. The van der Waals surface area contributed by atoms with E-state index in [1.165, 1.54) is 0 Å². The molecule has 0 radical (unpaired) electrons. The number of carboxylic acids is 1. The van der Waals surface area contributed by atoms with Crippen molar-refractivity contribution in [1.29, 1.82) is 0 Å². The second-order valence-electron chi connectivity index (χ2n) is 0.519. The van der Waals surface area contributed by atoms with Crippen molar-refractivity contribution in [2.45, 2.75) is 6.92 Å². The first-order chi connectivity index (χ1) is 2.73. The molecule has 0 saturated carbocycles. The van der Waals surface area contributed by atoms with Crippen molar-refractivity contribution in [2.75, 3.05) is 0 Å². The molecular formula is C2H4O3Y. The fraction of sp³-hybridized carbons (Fsp3) is 0.500. The van der Waals surface area contributed by atoms with Gasteiger partial charge in [-0.1, -0.05) is 0 Å². The topological polar surface area (TPSA) is 54.4 Å². The molecular weight excluding hydrogens is 161 g/mol. The molecule has 0 rings (SSSR count). The molecule has 0 aromatic rings. The molecule has 0 aliphatic carbocycles. The van der Waals surface area contributed by atoms with E-state index < -0.39 is 5.97 Å². The third kappa shape index (κ3) is 356. The van der Waals surface area contributed by atoms with E-state index in [1.807, 2.05) is 0 Å². The summed E-state index contributed by atoms with van der Waals surface area (Å²) in [6, 6.07) is 0. The van der Waals surface area contributed by atoms with Crippen LogP contribution in [0.1, 0.15) is 6.92 Å². The van der Waals surface area contributed by atoms with Crippen LogP contribution in [0.3, 0.4) is 0 Å². The van der Waals surface area contributed by atoms with Gasteiger partial charge in [-0.05, 0) is 0 Å². The van der Waals surface area contributed by atoms with E-state index in [9.17, 15) is 0 Å². The molecule has 0 atom stereocenters. The van der Waals surface area contributed by atoms with Crippen LogP contribution in [0, 0.1) is 0 Å². The van der Waals surface area contributed by atoms with E-state index in [4.69, 9.17) is 11.9 Å². The van der Waals surface area contributed by atoms with Crippen LogP contribution in [0.4, 0.5) is 0 Å². The van der Waals surface area contributed by atoms with Gasteiger partial charge in [-0.2, -0.15) is 0 Å². The third-order valence-electron chi connectivity index (χ3n) is 0. The van der Waals surface area contributed by atoms with Crippen LogP contribution in [-0.4, -0.2) is 11.1 Å². The number of hydrogen-bond acceptors (Lipinski definition) is 2. The zero-order valence-electron chi connectivity index (χ0n) is 3.34. The van der Waals surface area contributed by atoms with Crippen molar-refractivity contribution < 1.29 is 43.0 Å². The Morgan fingerprint density at radius 2 is 1.67 bits per heavy atom. The zero-order chi connectivity index (χ0) is 5.58. The molecule has 4 heteroatoms. The Labute approximate surface area is 55.8 Å². The molecule has 0 spiro atoms. The van der Waals surface area contributed by atoms with Crippen molar-refractivity contribution in [3.63, 3.8) is 0 Å². The molecule has 0 heterocycles. The van der Waals surface area contributed by atoms with Crippen LogP contribution >= 0.6 is 0 Å². The summed E-state index contributed by atoms with van der Waals surface area (Å²) in [5.41, 5.74) is 0. The fourth-order valence-corrected chi connectivity index (χ4v) is 0. The average molecular weight is 165 g/mol. The van der Waals surface area contributed by atoms with Crippen LogP contribution < -0.4 is 0 Å². The van der Waals surface area contributed by atoms with Crippen LogP contribution in [0.25, 0.3) is 0 Å². The second kappa shape index (κ2) is 9.03. The average Bonchev–Trinajstić information content (AvgIpc) is 1.41. The normalized spacial score (nSPS) is 5.17. The third-order valence-corrected chi connectivity index (χ3v) is 0. The van der Waals surface area contributed by atoms with Crippen LogP contribution in [0.5, 0.6) is 0 Å². The maximum absolute atomic E-state index is 9.00. The van der Waals surface area contributed by atoms with Gasteiger partial charge in [0.15, 0.2) is 0 Å². The Bertz CT molecular complexity index is 40.1. The number of rotatable bonds is 0. The van der Waals surface area contributed by atoms with Crippen LogP contribution in [-0.2, 0) is 37.8 Å². The molecule has 0 amide bonds. The molecule has 0 aromatic heterocycles. The molecule has 0 bridgehead atoms. The second-order valence-corrected chi connectivity index (χ2v) is 0.519. The van der Waals surface area contributed by atoms with Gasteiger partial charge in [0.25, 0.3) is 5.97 Å². The summed E-state index contributed by atoms with van der Waals surface area (Å²) in [5.74, 6) is -0.833. The minimum absolute atomic E-state index is 0.100. The number of carboxylic acid groups (broad SMARTS) is 1. The molecule has 33 valence electrons. The van der Waals surface area contributed by atoms with Gasteiger partial charge < -0.3 is 5.11 Å². The standard InChI is InChI=1S/C2H4O2.O.Y/c1-2(3)4;;/h1H3,(H,3,4);;. The van der Waals surface area contributed by atoms with E-state index in [1.54, 1.807) is 0 Å². The summed E-state index contributed by atoms with van der Waals surface area (Å²) in [6.45, 7) is 1.08. The fourth-order valence-electron chi connectivity index (χ4n) is 0. The first-order valence-electron chi connectivity index (χ1n) is 1.16. The summed E-state index contributed by atoms with van der Waals surface area (Å²) in [4.78, 5) is 9.00. The Kier molecular flexibility index (Phi) is 14.5. The van der Waals surface area contributed by atoms with Gasteiger partial charge in [0.05, 0.1) is 0 Å². The summed E-state index contributed by atoms with van der Waals surface area (Å²) >= 11 is 0.100. The predicted octanol–water partition coefficient (Wildman–Crippen LogP) is -0.0304. The van der Waals surface area contributed by atoms with Gasteiger partial charge in [-0.15, -0.1) is 0 Å². The molecule has 0 saturated heterocycles. The number of carbonyl (C=O) groups is 1. The Morgan fingerprint density at radius 1 is 1.67 bits per heavy atom. The van der Waals surface area contributed by atoms with Crippen molar-refractivity contribution in [1.82, 2.24) is 0 Å². The molecule has 0 aromatic carbocycles. The molecule has 0 aliphatic rings. The summed E-state index contributed by atoms with van der Waals surface area (Å²) < 4.78 is 8.38. The van der Waals surface area contributed by atoms with Gasteiger partial charge in [0.2, 0.25) is 0 Å². The van der Waals surface area contributed by atoms with E-state index in [-0.39, 0.29) is 31.0 Å². The van der Waals surface area contributed by atoms with E-state index in [2.05, 4.69) is 0 Å². The molecule has 0 fully saturated rings. The van der Waals surface area contributed by atoms with Gasteiger partial charge in [0, 0.05) is 6.92 Å². The molecule has 3 nitrogen and oxygen atoms in total. The number of hydrogen-bond donors (Lipinski definition) is 1. The molecule has 1 N–H and O–H groups in total. The van der Waals surface area contributed by atoms with Crippen molar-refractivity contribution in [3.05, 3.63) is 0 Å². The monoisotopic (exact) mass is 165 g/mol. The van der Waals surface area contributed by atoms with Gasteiger partial charge in [-0.25, -0.2) is 0 Å². The maximum atomic E-state index is 9.00. The predicted molar refractivity (Wildman–Crippen MR) is 14.0 cm³/mol. The number of aliphatic carboxylic acids is 1. The van der Waals surface area contributed by atoms with E-state index in [0.29, 0.717) is 0 Å². The molecule has 0 aliphatic heterocycles. The van der Waals surface area contributed by atoms with Crippen LogP contribution in [0.2, 0.25) is 0 Å². The van der Waals surface area contributed by atoms with Gasteiger partial charge in [-0.3, -0.25) is 4.79 Å². The molecule has 6 heavy (non-hydrogen) atoms. The molecule has 0 unspecified atom stereocenters. The van der Waals surface area contributed by atoms with Crippen molar-refractivity contribution >= 4 is 5.97 Å². The Hall–Kier alpha value is 0.374. The SMILES string of the molecule is CC(=O)O.[O]=[Y]. The van der Waals surface area contributed by atoms with E-state index >= 15 is 0 Å². The van der Waals surface area contributed by atoms with Crippen molar-refractivity contribution in [2.24, 2.45) is 0 Å². The van der Waals surface area contributed by atoms with Gasteiger partial charge >= 0.3 is 33.1 Å². The summed E-state index contributed by atoms with van der Waals surface area (Å²) in [5, 5.41) is 7.42. The minimum atomic E-state index is -0.833. The first-order valence-corrected chi connectivity index (χ1v) is 2.32. The summed E-state index contributed by atoms with van der Waals surface area (Å²) in [7, 11) is 0. The van der Waals surface area contributed by atoms with Crippen molar-refractivity contribution in [3.8, 4) is 0 Å². The first kappa shape index (κ1) is 9.62. The Morgan fingerprint density at radius 3 is 1.67 bits per heavy atom. The van der Waals surface area contributed by atoms with E-state index in [0.717, 1.165) is 6.92 Å². The van der Waals surface area contributed by atoms with Crippen LogP contribution in [0.15, 0.2) is 0 Å². The zero-order valence-corrected chi connectivity index (χ0v) is 6.18. The summed E-state index contributed by atoms with van der Waals surface area (Å²) in [6.07, 6.45) is 0. The van der Waals surface area contributed by atoms with Gasteiger partial charge in [0.1, 0.15) is 0 Å². The Balaban J connectivity index is 0.